The molecule has 152 valence electrons. The third kappa shape index (κ3) is 3.14. The van der Waals surface area contributed by atoms with E-state index in [1.54, 1.807) is 6.92 Å². The van der Waals surface area contributed by atoms with Gasteiger partial charge >= 0.3 is 0 Å². The molecule has 1 fully saturated rings. The fourth-order valence-electron chi connectivity index (χ4n) is 4.63. The summed E-state index contributed by atoms with van der Waals surface area (Å²) in [5, 5.41) is 9.77. The van der Waals surface area contributed by atoms with Gasteiger partial charge in [-0.3, -0.25) is 4.79 Å². The number of carbonyl (C=O) groups is 1. The monoisotopic (exact) mass is 432 g/mol. The van der Waals surface area contributed by atoms with Gasteiger partial charge in [0.25, 0.3) is 0 Å². The van der Waals surface area contributed by atoms with Crippen molar-refractivity contribution < 1.29 is 9.53 Å². The number of hydrogen-bond acceptors (Lipinski definition) is 3. The number of aromatic nitrogens is 3. The molecule has 4 heterocycles. The average molecular weight is 433 g/mol. The molecule has 2 aliphatic rings. The van der Waals surface area contributed by atoms with E-state index in [0.717, 1.165) is 66.6 Å². The second-order valence-corrected chi connectivity index (χ2v) is 8.53. The summed E-state index contributed by atoms with van der Waals surface area (Å²) in [5.74, 6) is -0.0462. The van der Waals surface area contributed by atoms with Crippen molar-refractivity contribution in [1.29, 1.82) is 0 Å². The van der Waals surface area contributed by atoms with Gasteiger partial charge in [0.05, 0.1) is 27.8 Å². The number of ether oxygens (including phenoxy) is 1. The number of hydrogen-bond donors (Lipinski definition) is 1. The topological polar surface area (TPSA) is 61.1 Å². The van der Waals surface area contributed by atoms with Gasteiger partial charge in [-0.25, -0.2) is 4.68 Å². The summed E-state index contributed by atoms with van der Waals surface area (Å²) >= 11 is 12.9. The number of carbonyl (C=O) groups excluding carboxylic acids is 1. The first-order valence-corrected chi connectivity index (χ1v) is 10.7. The highest BCUT2D eigenvalue weighted by atomic mass is 35.5. The number of amides is 1. The van der Waals surface area contributed by atoms with E-state index >= 15 is 0 Å². The predicted molar refractivity (Wildman–Crippen MR) is 113 cm³/mol. The lowest BCUT2D eigenvalue weighted by molar-refractivity contribution is -0.119. The second-order valence-electron chi connectivity index (χ2n) is 7.74. The van der Waals surface area contributed by atoms with Crippen molar-refractivity contribution in [1.82, 2.24) is 19.7 Å². The minimum Gasteiger partial charge on any atom is -0.357 e. The van der Waals surface area contributed by atoms with Crippen LogP contribution in [0.1, 0.15) is 50.6 Å². The van der Waals surface area contributed by atoms with Gasteiger partial charge in [-0.2, -0.15) is 5.10 Å². The van der Waals surface area contributed by atoms with Crippen LogP contribution in [0.2, 0.25) is 10.0 Å². The van der Waals surface area contributed by atoms with Crippen molar-refractivity contribution in [2.45, 2.75) is 51.4 Å². The largest absolute Gasteiger partial charge is 0.357 e. The molecule has 2 atom stereocenters. The van der Waals surface area contributed by atoms with Gasteiger partial charge in [0.15, 0.2) is 0 Å². The highest BCUT2D eigenvalue weighted by molar-refractivity contribution is 6.45. The molecule has 2 aliphatic heterocycles. The Morgan fingerprint density at radius 2 is 2.14 bits per heavy atom. The Bertz CT molecular complexity index is 1100. The summed E-state index contributed by atoms with van der Waals surface area (Å²) in [6.07, 6.45) is 7.91. The molecule has 1 amide bonds. The van der Waals surface area contributed by atoms with E-state index in [-0.39, 0.29) is 18.2 Å². The summed E-state index contributed by atoms with van der Waals surface area (Å²) in [6, 6.07) is 3.76. The number of nitrogens with zero attached hydrogens (tertiary/aromatic N) is 3. The molecular formula is C21H22Cl2N4O2. The molecule has 1 N–H and O–H groups in total. The number of aryl methyl sites for hydroxylation is 1. The molecule has 5 rings (SSSR count). The van der Waals surface area contributed by atoms with E-state index in [9.17, 15) is 4.79 Å². The van der Waals surface area contributed by atoms with Gasteiger partial charge in [0, 0.05) is 48.5 Å². The summed E-state index contributed by atoms with van der Waals surface area (Å²) < 4.78 is 9.98. The highest BCUT2D eigenvalue weighted by Crippen LogP contribution is 2.46. The van der Waals surface area contributed by atoms with Crippen LogP contribution in [0.15, 0.2) is 24.5 Å². The molecule has 6 nitrogen and oxygen atoms in total. The second kappa shape index (κ2) is 7.35. The van der Waals surface area contributed by atoms with Crippen LogP contribution >= 0.6 is 23.2 Å². The van der Waals surface area contributed by atoms with E-state index in [0.29, 0.717) is 10.0 Å². The summed E-state index contributed by atoms with van der Waals surface area (Å²) in [7, 11) is 0. The third-order valence-electron chi connectivity index (χ3n) is 5.85. The fraction of sp³-hybridized carbons (Fsp3) is 0.429. The Balaban J connectivity index is 1.68. The number of halogens is 2. The summed E-state index contributed by atoms with van der Waals surface area (Å²) in [4.78, 5) is 11.8. The minimum absolute atomic E-state index is 0.0244. The van der Waals surface area contributed by atoms with Crippen molar-refractivity contribution in [3.05, 3.63) is 40.3 Å². The zero-order chi connectivity index (χ0) is 20.1. The number of fused-ring (bicyclic) bond motifs is 3. The maximum absolute atomic E-state index is 11.8. The predicted octanol–water partition coefficient (Wildman–Crippen LogP) is 5.09. The average Bonchev–Trinajstić information content (AvgIpc) is 3.41. The Morgan fingerprint density at radius 3 is 2.90 bits per heavy atom. The standard InChI is InChI=1S/C21H22Cl2N4O2/c1-12(28)25-16-7-8-26-20-14(5-6-15(22)19(20)23)18(21(16)26)13-10-24-27(11-13)17-4-2-3-9-29-17/h5-6,10-11,16-17H,2-4,7-9H2,1H3,(H,25,28). The van der Waals surface area contributed by atoms with Gasteiger partial charge in [0.1, 0.15) is 6.23 Å². The van der Waals surface area contributed by atoms with Crippen LogP contribution in [0, 0.1) is 0 Å². The van der Waals surface area contributed by atoms with Crippen LogP contribution in [0.3, 0.4) is 0 Å². The maximum atomic E-state index is 11.8. The van der Waals surface area contributed by atoms with Crippen LogP contribution < -0.4 is 5.32 Å². The molecule has 0 saturated carbocycles. The fourth-order valence-corrected chi connectivity index (χ4v) is 5.05. The van der Waals surface area contributed by atoms with Crippen molar-refractivity contribution in [3.63, 3.8) is 0 Å². The summed E-state index contributed by atoms with van der Waals surface area (Å²) in [6.45, 7) is 3.09. The molecule has 0 spiro atoms. The van der Waals surface area contributed by atoms with Crippen LogP contribution in [0.25, 0.3) is 22.0 Å². The lowest BCUT2D eigenvalue weighted by atomic mass is 10.0. The first-order chi connectivity index (χ1) is 14.0. The Hall–Kier alpha value is -2.02. The zero-order valence-electron chi connectivity index (χ0n) is 16.1. The third-order valence-corrected chi connectivity index (χ3v) is 6.64. The molecule has 0 aliphatic carbocycles. The van der Waals surface area contributed by atoms with Crippen molar-refractivity contribution in [3.8, 4) is 11.1 Å². The normalized spacial score (nSPS) is 21.5. The Labute approximate surface area is 178 Å². The Kier molecular flexibility index (Phi) is 4.81. The molecule has 3 aromatic rings. The van der Waals surface area contributed by atoms with Gasteiger partial charge in [-0.05, 0) is 31.7 Å². The van der Waals surface area contributed by atoms with E-state index in [1.165, 1.54) is 0 Å². The molecule has 1 saturated heterocycles. The van der Waals surface area contributed by atoms with Crippen molar-refractivity contribution in [2.75, 3.05) is 6.61 Å². The maximum Gasteiger partial charge on any atom is 0.217 e. The first kappa shape index (κ1) is 19.0. The van der Waals surface area contributed by atoms with E-state index in [2.05, 4.69) is 15.0 Å². The van der Waals surface area contributed by atoms with Gasteiger partial charge in [-0.15, -0.1) is 0 Å². The molecule has 2 aromatic heterocycles. The Morgan fingerprint density at radius 1 is 1.28 bits per heavy atom. The molecule has 0 bridgehead atoms. The van der Waals surface area contributed by atoms with E-state index in [4.69, 9.17) is 27.9 Å². The quantitative estimate of drug-likeness (QED) is 0.626. The zero-order valence-corrected chi connectivity index (χ0v) is 17.6. The molecule has 0 radical (unpaired) electrons. The van der Waals surface area contributed by atoms with Crippen molar-refractivity contribution >= 4 is 40.0 Å². The highest BCUT2D eigenvalue weighted by Gasteiger charge is 2.32. The minimum atomic E-state index is -0.0703. The van der Waals surface area contributed by atoms with Crippen LogP contribution in [0.4, 0.5) is 0 Å². The van der Waals surface area contributed by atoms with Gasteiger partial charge < -0.3 is 14.6 Å². The lowest BCUT2D eigenvalue weighted by Crippen LogP contribution is -2.24. The number of rotatable bonds is 3. The first-order valence-electron chi connectivity index (χ1n) is 9.98. The molecule has 8 heteroatoms. The lowest BCUT2D eigenvalue weighted by Gasteiger charge is -2.22. The van der Waals surface area contributed by atoms with Crippen molar-refractivity contribution in [2.24, 2.45) is 0 Å². The van der Waals surface area contributed by atoms with E-state index < -0.39 is 0 Å². The van der Waals surface area contributed by atoms with Crippen LogP contribution in [-0.4, -0.2) is 26.9 Å². The number of benzene rings is 1. The molecule has 29 heavy (non-hydrogen) atoms. The SMILES string of the molecule is CC(=O)NC1CCn2c1c(-c1cnn(C3CCCCO3)c1)c1ccc(Cl)c(Cl)c12. The number of nitrogens with one attached hydrogen (secondary N) is 1. The molecule has 1 aromatic carbocycles. The smallest absolute Gasteiger partial charge is 0.217 e. The van der Waals surface area contributed by atoms with Crippen LogP contribution in [0.5, 0.6) is 0 Å². The molecule has 2 unspecified atom stereocenters. The summed E-state index contributed by atoms with van der Waals surface area (Å²) in [5.41, 5.74) is 4.02. The van der Waals surface area contributed by atoms with Gasteiger partial charge in [0.2, 0.25) is 5.91 Å². The van der Waals surface area contributed by atoms with Gasteiger partial charge in [-0.1, -0.05) is 29.3 Å². The van der Waals surface area contributed by atoms with Crippen LogP contribution in [-0.2, 0) is 16.1 Å². The molecular weight excluding hydrogens is 411 g/mol. The van der Waals surface area contributed by atoms with E-state index in [1.807, 2.05) is 29.2 Å².